The normalized spacial score (nSPS) is 25.4. The Labute approximate surface area is 220 Å². The van der Waals surface area contributed by atoms with Crippen molar-refractivity contribution in [3.63, 3.8) is 0 Å². The van der Waals surface area contributed by atoms with Gasteiger partial charge in [-0.15, -0.1) is 0 Å². The van der Waals surface area contributed by atoms with Crippen LogP contribution in [0.5, 0.6) is 0 Å². The van der Waals surface area contributed by atoms with Gasteiger partial charge >= 0.3 is 5.97 Å². The van der Waals surface area contributed by atoms with Crippen LogP contribution in [0, 0.1) is 0 Å². The zero-order chi connectivity index (χ0) is 27.7. The van der Waals surface area contributed by atoms with E-state index in [-0.39, 0.29) is 6.42 Å². The molecule has 1 fully saturated rings. The van der Waals surface area contributed by atoms with E-state index in [1.54, 1.807) is 0 Å². The molecule has 0 aliphatic carbocycles. The van der Waals surface area contributed by atoms with Gasteiger partial charge in [0.15, 0.2) is 6.29 Å². The molecule has 0 radical (unpaired) electrons. The Morgan fingerprint density at radius 1 is 0.919 bits per heavy atom. The summed E-state index contributed by atoms with van der Waals surface area (Å²) in [6, 6.07) is 0. The molecule has 5 N–H and O–H groups in total. The van der Waals surface area contributed by atoms with Crippen LogP contribution < -0.4 is 0 Å². The average Bonchev–Trinajstić information content (AvgIpc) is 2.84. The summed E-state index contributed by atoms with van der Waals surface area (Å²) < 4.78 is 46.8. The Hall–Kier alpha value is -1.12. The maximum atomic E-state index is 12.1. The number of rotatable bonds is 20. The second-order valence-corrected chi connectivity index (χ2v) is 11.0. The summed E-state index contributed by atoms with van der Waals surface area (Å²) in [6.07, 6.45) is 7.25. The molecule has 0 aromatic rings. The van der Waals surface area contributed by atoms with Crippen LogP contribution in [0.3, 0.4) is 0 Å². The molecular weight excluding hydrogens is 508 g/mol. The number of allylic oxidation sites excluding steroid dienone is 2. The lowest BCUT2D eigenvalue weighted by molar-refractivity contribution is -0.297. The van der Waals surface area contributed by atoms with E-state index in [0.717, 1.165) is 38.5 Å². The van der Waals surface area contributed by atoms with Crippen molar-refractivity contribution in [1.82, 2.24) is 0 Å². The standard InChI is InChI=1S/C25H46O11S/c1-2-3-4-5-6-7-8-9-10-11-12-13-14-15-21(27)35-19(16-26)17-34-25-24(30)23(29)22(28)20(36-25)18-37(31,32)33/h7-8,19-20,22-26,28-30H,2-6,9-18H2,1H3,(H,31,32,33)/b8-7-/t19-,20-,22-,23?,24?,25+/m1/s1. The number of aliphatic hydroxyl groups is 4. The van der Waals surface area contributed by atoms with Crippen molar-refractivity contribution in [3.8, 4) is 0 Å². The van der Waals surface area contributed by atoms with Crippen molar-refractivity contribution in [2.24, 2.45) is 0 Å². The monoisotopic (exact) mass is 554 g/mol. The van der Waals surface area contributed by atoms with Gasteiger partial charge in [-0.25, -0.2) is 0 Å². The first-order chi connectivity index (χ1) is 17.6. The Balaban J connectivity index is 2.23. The van der Waals surface area contributed by atoms with E-state index in [0.29, 0.717) is 6.42 Å². The highest BCUT2D eigenvalue weighted by atomic mass is 32.2. The van der Waals surface area contributed by atoms with Crippen LogP contribution in [0.1, 0.15) is 84.0 Å². The molecule has 1 aliphatic rings. The van der Waals surface area contributed by atoms with Gasteiger partial charge in [-0.05, 0) is 32.1 Å². The number of hydrogen-bond acceptors (Lipinski definition) is 10. The highest BCUT2D eigenvalue weighted by Crippen LogP contribution is 2.23. The molecular formula is C25H46O11S. The Bertz CT molecular complexity index is 743. The fourth-order valence-electron chi connectivity index (χ4n) is 3.96. The molecule has 1 saturated heterocycles. The molecule has 1 rings (SSSR count). The number of hydrogen-bond donors (Lipinski definition) is 5. The summed E-state index contributed by atoms with van der Waals surface area (Å²) >= 11 is 0. The Kier molecular flexibility index (Phi) is 17.4. The largest absolute Gasteiger partial charge is 0.457 e. The van der Waals surface area contributed by atoms with Crippen molar-refractivity contribution >= 4 is 16.1 Å². The maximum absolute atomic E-state index is 12.1. The summed E-state index contributed by atoms with van der Waals surface area (Å²) in [6.45, 7) is 1.23. The van der Waals surface area contributed by atoms with Crippen LogP contribution in [0.2, 0.25) is 0 Å². The van der Waals surface area contributed by atoms with E-state index in [1.165, 1.54) is 25.7 Å². The van der Waals surface area contributed by atoms with E-state index in [2.05, 4.69) is 19.1 Å². The molecule has 0 saturated carbocycles. The SMILES string of the molecule is CCCCCC/C=C\CCCCCCCC(=O)O[C@H](CO)CO[C@H]1O[C@H](CS(=O)(=O)O)[C@@H](O)C(O)C1O. The van der Waals surface area contributed by atoms with E-state index in [9.17, 15) is 33.6 Å². The van der Waals surface area contributed by atoms with E-state index in [1.807, 2.05) is 0 Å². The van der Waals surface area contributed by atoms with Gasteiger partial charge in [-0.3, -0.25) is 9.35 Å². The average molecular weight is 555 g/mol. The molecule has 0 spiro atoms. The van der Waals surface area contributed by atoms with Crippen LogP contribution in [0.15, 0.2) is 12.2 Å². The van der Waals surface area contributed by atoms with Gasteiger partial charge in [-0.1, -0.05) is 57.6 Å². The van der Waals surface area contributed by atoms with Crippen molar-refractivity contribution in [3.05, 3.63) is 12.2 Å². The molecule has 0 amide bonds. The minimum atomic E-state index is -4.54. The van der Waals surface area contributed by atoms with Gasteiger partial charge in [0.2, 0.25) is 0 Å². The molecule has 218 valence electrons. The maximum Gasteiger partial charge on any atom is 0.306 e. The third-order valence-electron chi connectivity index (χ3n) is 6.13. The summed E-state index contributed by atoms with van der Waals surface area (Å²) in [5.41, 5.74) is 0. The molecule has 37 heavy (non-hydrogen) atoms. The Morgan fingerprint density at radius 3 is 2.11 bits per heavy atom. The second kappa shape index (κ2) is 19.0. The molecule has 6 atom stereocenters. The zero-order valence-electron chi connectivity index (χ0n) is 21.8. The smallest absolute Gasteiger partial charge is 0.306 e. The first-order valence-corrected chi connectivity index (χ1v) is 14.9. The van der Waals surface area contributed by atoms with E-state index >= 15 is 0 Å². The number of carbonyl (C=O) groups excluding carboxylic acids is 1. The molecule has 1 aliphatic heterocycles. The molecule has 1 heterocycles. The summed E-state index contributed by atoms with van der Waals surface area (Å²) in [5.74, 6) is -1.54. The number of esters is 1. The fraction of sp³-hybridized carbons (Fsp3) is 0.880. The lowest BCUT2D eigenvalue weighted by atomic mass is 10.00. The highest BCUT2D eigenvalue weighted by molar-refractivity contribution is 7.85. The molecule has 0 aromatic carbocycles. The van der Waals surface area contributed by atoms with Crippen LogP contribution in [-0.2, 0) is 29.1 Å². The van der Waals surface area contributed by atoms with Gasteiger partial charge < -0.3 is 34.6 Å². The van der Waals surface area contributed by atoms with E-state index in [4.69, 9.17) is 18.8 Å². The zero-order valence-corrected chi connectivity index (χ0v) is 22.6. The lowest BCUT2D eigenvalue weighted by Gasteiger charge is -2.40. The Morgan fingerprint density at radius 2 is 1.51 bits per heavy atom. The van der Waals surface area contributed by atoms with Gasteiger partial charge in [0, 0.05) is 6.42 Å². The van der Waals surface area contributed by atoms with Crippen molar-refractivity contribution < 1.29 is 52.4 Å². The molecule has 0 bridgehead atoms. The number of aliphatic hydroxyl groups excluding tert-OH is 4. The lowest BCUT2D eigenvalue weighted by Crippen LogP contribution is -2.60. The number of unbranched alkanes of at least 4 members (excludes halogenated alkanes) is 9. The molecule has 2 unspecified atom stereocenters. The van der Waals surface area contributed by atoms with Gasteiger partial charge in [0.1, 0.15) is 36.3 Å². The molecule has 0 aromatic heterocycles. The predicted octanol–water partition coefficient (Wildman–Crippen LogP) is 1.86. The van der Waals surface area contributed by atoms with Crippen LogP contribution >= 0.6 is 0 Å². The van der Waals surface area contributed by atoms with Crippen molar-refractivity contribution in [2.75, 3.05) is 19.0 Å². The third-order valence-corrected chi connectivity index (χ3v) is 6.88. The summed E-state index contributed by atoms with van der Waals surface area (Å²) in [4.78, 5) is 12.1. The predicted molar refractivity (Wildman–Crippen MR) is 136 cm³/mol. The van der Waals surface area contributed by atoms with Crippen LogP contribution in [-0.4, -0.2) is 95.1 Å². The summed E-state index contributed by atoms with van der Waals surface area (Å²) in [7, 11) is -4.54. The topological polar surface area (TPSA) is 180 Å². The number of ether oxygens (including phenoxy) is 3. The fourth-order valence-corrected chi connectivity index (χ4v) is 4.65. The first kappa shape index (κ1) is 33.9. The third kappa shape index (κ3) is 15.2. The summed E-state index contributed by atoms with van der Waals surface area (Å²) in [5, 5.41) is 39.3. The van der Waals surface area contributed by atoms with Crippen molar-refractivity contribution in [1.29, 1.82) is 0 Å². The van der Waals surface area contributed by atoms with Gasteiger partial charge in [0.05, 0.1) is 13.2 Å². The minimum Gasteiger partial charge on any atom is -0.457 e. The van der Waals surface area contributed by atoms with Gasteiger partial charge in [-0.2, -0.15) is 8.42 Å². The first-order valence-electron chi connectivity index (χ1n) is 13.3. The minimum absolute atomic E-state index is 0.179. The van der Waals surface area contributed by atoms with Crippen LogP contribution in [0.25, 0.3) is 0 Å². The molecule has 12 heteroatoms. The van der Waals surface area contributed by atoms with Gasteiger partial charge in [0.25, 0.3) is 10.1 Å². The number of carbonyl (C=O) groups is 1. The van der Waals surface area contributed by atoms with Crippen molar-refractivity contribution in [2.45, 2.75) is 121 Å². The second-order valence-electron chi connectivity index (χ2n) is 9.52. The molecule has 11 nitrogen and oxygen atoms in total. The van der Waals surface area contributed by atoms with E-state index < -0.39 is 71.9 Å². The van der Waals surface area contributed by atoms with Crippen LogP contribution in [0.4, 0.5) is 0 Å². The quantitative estimate of drug-likeness (QED) is 0.0641. The highest BCUT2D eigenvalue weighted by Gasteiger charge is 2.45.